The second kappa shape index (κ2) is 8.07. The van der Waals surface area contributed by atoms with Crippen molar-refractivity contribution >= 4 is 28.8 Å². The van der Waals surface area contributed by atoms with E-state index in [4.69, 9.17) is 4.52 Å². The third-order valence-electron chi connectivity index (χ3n) is 5.55. The monoisotopic (exact) mass is 423 g/mol. The highest BCUT2D eigenvalue weighted by atomic mass is 32.1. The Morgan fingerprint density at radius 3 is 2.80 bits per heavy atom. The number of aryl methyl sites for hydroxylation is 1. The highest BCUT2D eigenvalue weighted by molar-refractivity contribution is 7.10. The molecule has 4 rings (SSSR count). The molecule has 0 saturated heterocycles. The molecular formula is C23H25N3O3S. The number of nitrogens with one attached hydrogen (secondary N) is 1. The van der Waals surface area contributed by atoms with Gasteiger partial charge < -0.3 is 14.7 Å². The third kappa shape index (κ3) is 3.65. The van der Waals surface area contributed by atoms with Gasteiger partial charge in [-0.1, -0.05) is 25.1 Å². The fraction of sp³-hybridized carbons (Fsp3) is 0.348. The average Bonchev–Trinajstić information content (AvgIpc) is 3.34. The van der Waals surface area contributed by atoms with Crippen LogP contribution < -0.4 is 5.32 Å². The van der Waals surface area contributed by atoms with Crippen LogP contribution in [0.1, 0.15) is 67.9 Å². The van der Waals surface area contributed by atoms with E-state index in [0.717, 1.165) is 12.0 Å². The molecule has 6 nitrogen and oxygen atoms in total. The van der Waals surface area contributed by atoms with E-state index < -0.39 is 0 Å². The van der Waals surface area contributed by atoms with Crippen molar-refractivity contribution in [1.82, 2.24) is 10.1 Å². The second-order valence-corrected chi connectivity index (χ2v) is 8.94. The predicted molar refractivity (Wildman–Crippen MR) is 117 cm³/mol. The zero-order valence-electron chi connectivity index (χ0n) is 17.6. The molecule has 1 aliphatic rings. The molecule has 0 atom stereocenters. The van der Waals surface area contributed by atoms with E-state index >= 15 is 0 Å². The van der Waals surface area contributed by atoms with Crippen molar-refractivity contribution in [3.8, 4) is 0 Å². The lowest BCUT2D eigenvalue weighted by Crippen LogP contribution is -2.35. The molecule has 0 spiro atoms. The van der Waals surface area contributed by atoms with Crippen LogP contribution in [-0.2, 0) is 13.0 Å². The molecule has 3 aromatic rings. The summed E-state index contributed by atoms with van der Waals surface area (Å²) >= 11 is 1.75. The molecule has 30 heavy (non-hydrogen) atoms. The molecule has 0 saturated carbocycles. The summed E-state index contributed by atoms with van der Waals surface area (Å²) in [5.74, 6) is 0.326. The average molecular weight is 424 g/mol. The van der Waals surface area contributed by atoms with Crippen LogP contribution in [0.15, 0.2) is 34.2 Å². The molecule has 1 aliphatic heterocycles. The van der Waals surface area contributed by atoms with E-state index in [1.807, 2.05) is 37.8 Å². The number of carbonyl (C=O) groups is 2. The Morgan fingerprint density at radius 2 is 2.03 bits per heavy atom. The molecule has 0 aliphatic carbocycles. The number of rotatable bonds is 4. The summed E-state index contributed by atoms with van der Waals surface area (Å²) in [7, 11) is 0. The minimum atomic E-state index is -0.272. The second-order valence-electron chi connectivity index (χ2n) is 7.94. The fourth-order valence-electron chi connectivity index (χ4n) is 3.84. The van der Waals surface area contributed by atoms with Crippen molar-refractivity contribution in [1.29, 1.82) is 0 Å². The van der Waals surface area contributed by atoms with E-state index in [0.29, 0.717) is 41.4 Å². The molecule has 1 N–H and O–H groups in total. The van der Waals surface area contributed by atoms with Gasteiger partial charge in [0, 0.05) is 35.1 Å². The van der Waals surface area contributed by atoms with E-state index in [-0.39, 0.29) is 17.7 Å². The van der Waals surface area contributed by atoms with Crippen molar-refractivity contribution in [2.45, 2.75) is 46.6 Å². The molecule has 0 radical (unpaired) electrons. The maximum atomic E-state index is 13.2. The highest BCUT2D eigenvalue weighted by Gasteiger charge is 2.26. The Hall–Kier alpha value is -2.93. The van der Waals surface area contributed by atoms with Crippen molar-refractivity contribution in [2.24, 2.45) is 0 Å². The number of nitrogens with zero attached hydrogens (tertiary/aromatic N) is 2. The normalized spacial score (nSPS) is 13.4. The summed E-state index contributed by atoms with van der Waals surface area (Å²) in [5.41, 5.74) is 4.23. The lowest BCUT2D eigenvalue weighted by molar-refractivity contribution is 0.0735. The summed E-state index contributed by atoms with van der Waals surface area (Å²) in [6.45, 7) is 8.88. The Kier molecular flexibility index (Phi) is 5.47. The van der Waals surface area contributed by atoms with Crippen LogP contribution in [0.3, 0.4) is 0 Å². The molecule has 0 unspecified atom stereocenters. The van der Waals surface area contributed by atoms with Crippen LogP contribution in [0.4, 0.5) is 5.69 Å². The number of hydrogen-bond donors (Lipinski definition) is 1. The Bertz CT molecular complexity index is 1110. The number of amides is 2. The Labute approximate surface area is 179 Å². The third-order valence-corrected chi connectivity index (χ3v) is 6.57. The lowest BCUT2D eigenvalue weighted by atomic mass is 10.0. The molecule has 1 aromatic carbocycles. The van der Waals surface area contributed by atoms with Crippen molar-refractivity contribution in [3.63, 3.8) is 0 Å². The Balaban J connectivity index is 1.57. The van der Waals surface area contributed by atoms with Crippen molar-refractivity contribution in [3.05, 3.63) is 68.2 Å². The predicted octanol–water partition coefficient (Wildman–Crippen LogP) is 4.93. The highest BCUT2D eigenvalue weighted by Crippen LogP contribution is 2.28. The molecule has 2 amide bonds. The molecule has 0 fully saturated rings. The first-order chi connectivity index (χ1) is 14.4. The Morgan fingerprint density at radius 1 is 1.23 bits per heavy atom. The number of hydrogen-bond acceptors (Lipinski definition) is 5. The van der Waals surface area contributed by atoms with E-state index in [1.54, 1.807) is 24.3 Å². The fourth-order valence-corrected chi connectivity index (χ4v) is 4.73. The molecule has 156 valence electrons. The topological polar surface area (TPSA) is 75.4 Å². The first kappa shape index (κ1) is 20.3. The van der Waals surface area contributed by atoms with Crippen LogP contribution in [0.2, 0.25) is 0 Å². The van der Waals surface area contributed by atoms with E-state index in [2.05, 4.69) is 21.9 Å². The minimum absolute atomic E-state index is 0.00974. The zero-order chi connectivity index (χ0) is 21.4. The van der Waals surface area contributed by atoms with Gasteiger partial charge in [0.15, 0.2) is 5.76 Å². The van der Waals surface area contributed by atoms with Crippen LogP contribution >= 0.6 is 11.3 Å². The number of fused-ring (bicyclic) bond motifs is 1. The van der Waals surface area contributed by atoms with Gasteiger partial charge in [0.2, 0.25) is 0 Å². The van der Waals surface area contributed by atoms with Crippen molar-refractivity contribution < 1.29 is 14.1 Å². The van der Waals surface area contributed by atoms with Gasteiger partial charge in [0.1, 0.15) is 5.56 Å². The number of benzene rings is 1. The number of anilines is 1. The van der Waals surface area contributed by atoms with Gasteiger partial charge in [-0.25, -0.2) is 0 Å². The number of aromatic nitrogens is 1. The van der Waals surface area contributed by atoms with Crippen LogP contribution in [0.25, 0.3) is 0 Å². The summed E-state index contributed by atoms with van der Waals surface area (Å²) in [4.78, 5) is 29.4. The molecule has 3 heterocycles. The quantitative estimate of drug-likeness (QED) is 0.646. The molecule has 2 aromatic heterocycles. The smallest absolute Gasteiger partial charge is 0.261 e. The summed E-state index contributed by atoms with van der Waals surface area (Å²) in [5, 5.41) is 8.98. The van der Waals surface area contributed by atoms with Crippen molar-refractivity contribution in [2.75, 3.05) is 11.9 Å². The zero-order valence-corrected chi connectivity index (χ0v) is 18.4. The van der Waals surface area contributed by atoms with Gasteiger partial charge >= 0.3 is 0 Å². The molecular weight excluding hydrogens is 398 g/mol. The lowest BCUT2D eigenvalue weighted by Gasteiger charge is -2.28. The van der Waals surface area contributed by atoms with E-state index in [1.165, 1.54) is 10.4 Å². The first-order valence-corrected chi connectivity index (χ1v) is 11.0. The SMILES string of the molecule is Cc1noc(C(C)C)c1C(=O)Nc1cccc(C(=O)N2CCc3sccc3C2)c1C. The van der Waals surface area contributed by atoms with E-state index in [9.17, 15) is 9.59 Å². The summed E-state index contributed by atoms with van der Waals surface area (Å²) < 4.78 is 5.34. The van der Waals surface area contributed by atoms with Crippen LogP contribution in [0, 0.1) is 13.8 Å². The van der Waals surface area contributed by atoms with Gasteiger partial charge in [0.25, 0.3) is 11.8 Å². The van der Waals surface area contributed by atoms with Gasteiger partial charge in [-0.2, -0.15) is 0 Å². The number of carbonyl (C=O) groups excluding carboxylic acids is 2. The standard InChI is InChI=1S/C23H25N3O3S/c1-13(2)21-20(15(4)25-29-21)22(27)24-18-7-5-6-17(14(18)3)23(28)26-10-8-19-16(12-26)9-11-30-19/h5-7,9,11,13H,8,10,12H2,1-4H3,(H,24,27). The number of thiophene rings is 1. The first-order valence-electron chi connectivity index (χ1n) is 10.1. The van der Waals surface area contributed by atoms with Gasteiger partial charge in [-0.3, -0.25) is 9.59 Å². The summed E-state index contributed by atoms with van der Waals surface area (Å²) in [6, 6.07) is 7.53. The van der Waals surface area contributed by atoms with Gasteiger partial charge in [0.05, 0.1) is 5.69 Å². The van der Waals surface area contributed by atoms with Crippen LogP contribution in [-0.4, -0.2) is 28.4 Å². The minimum Gasteiger partial charge on any atom is -0.360 e. The van der Waals surface area contributed by atoms with Gasteiger partial charge in [-0.05, 0) is 55.0 Å². The van der Waals surface area contributed by atoms with Crippen LogP contribution in [0.5, 0.6) is 0 Å². The maximum Gasteiger partial charge on any atom is 0.261 e. The maximum absolute atomic E-state index is 13.2. The molecule has 7 heteroatoms. The van der Waals surface area contributed by atoms with Gasteiger partial charge in [-0.15, -0.1) is 11.3 Å². The summed E-state index contributed by atoms with van der Waals surface area (Å²) in [6.07, 6.45) is 0.888. The molecule has 0 bridgehead atoms. The largest absolute Gasteiger partial charge is 0.360 e.